The van der Waals surface area contributed by atoms with Crippen LogP contribution in [-0.4, -0.2) is 50.2 Å². The number of rotatable bonds is 9. The van der Waals surface area contributed by atoms with Crippen LogP contribution in [0.5, 0.6) is 5.75 Å². The number of aliphatic imine (C=N–C) groups is 1. The Kier molecular flexibility index (Phi) is 7.37. The normalized spacial score (nSPS) is 14.8. The Hall–Kier alpha value is -1.75. The number of nitrogens with one attached hydrogen (secondary N) is 2. The molecule has 0 radical (unpaired) electrons. The summed E-state index contributed by atoms with van der Waals surface area (Å²) in [6.45, 7) is 11.0. The molecule has 2 N–H and O–H groups in total. The van der Waals surface area contributed by atoms with Gasteiger partial charge in [0.1, 0.15) is 5.75 Å². The number of guanidine groups is 1. The summed E-state index contributed by atoms with van der Waals surface area (Å²) in [7, 11) is 1.71. The second-order valence-electron chi connectivity index (χ2n) is 6.30. The van der Waals surface area contributed by atoms with Gasteiger partial charge in [-0.05, 0) is 44.9 Å². The number of aryl methyl sites for hydroxylation is 1. The number of hydrogen-bond acceptors (Lipinski definition) is 3. The number of methoxy groups -OCH3 is 1. The summed E-state index contributed by atoms with van der Waals surface area (Å²) in [5, 5.41) is 6.76. The van der Waals surface area contributed by atoms with Gasteiger partial charge in [-0.15, -0.1) is 0 Å². The van der Waals surface area contributed by atoms with Gasteiger partial charge in [0, 0.05) is 31.2 Å². The molecule has 1 aliphatic rings. The summed E-state index contributed by atoms with van der Waals surface area (Å²) in [5.74, 6) is 1.77. The van der Waals surface area contributed by atoms with E-state index < -0.39 is 0 Å². The van der Waals surface area contributed by atoms with Crippen molar-refractivity contribution in [2.24, 2.45) is 4.99 Å². The second kappa shape index (κ2) is 9.52. The summed E-state index contributed by atoms with van der Waals surface area (Å²) < 4.78 is 5.46. The second-order valence-corrected chi connectivity index (χ2v) is 6.30. The highest BCUT2D eigenvalue weighted by Crippen LogP contribution is 2.25. The van der Waals surface area contributed by atoms with Gasteiger partial charge in [0.25, 0.3) is 0 Å². The van der Waals surface area contributed by atoms with Crippen molar-refractivity contribution in [3.05, 3.63) is 29.3 Å². The molecule has 1 saturated carbocycles. The molecule has 1 aliphatic carbocycles. The first-order chi connectivity index (χ1) is 11.7. The zero-order valence-corrected chi connectivity index (χ0v) is 15.6. The first-order valence-corrected chi connectivity index (χ1v) is 9.07. The number of nitrogens with zero attached hydrogens (tertiary/aromatic N) is 2. The van der Waals surface area contributed by atoms with E-state index in [1.54, 1.807) is 7.11 Å². The molecule has 1 aromatic carbocycles. The maximum Gasteiger partial charge on any atom is 0.191 e. The summed E-state index contributed by atoms with van der Waals surface area (Å²) >= 11 is 0. The SMILES string of the molecule is CCNC(=NCc1ccc(C)cc1OC)NCCN(CC)C1CC1. The van der Waals surface area contributed by atoms with Gasteiger partial charge in [0.2, 0.25) is 0 Å². The van der Waals surface area contributed by atoms with Gasteiger partial charge in [-0.1, -0.05) is 19.1 Å². The van der Waals surface area contributed by atoms with Crippen LogP contribution in [0.1, 0.15) is 37.8 Å². The minimum atomic E-state index is 0.610. The Bertz CT molecular complexity index is 540. The molecular weight excluding hydrogens is 300 g/mol. The van der Waals surface area contributed by atoms with Crippen molar-refractivity contribution in [2.45, 2.75) is 46.2 Å². The minimum absolute atomic E-state index is 0.610. The highest BCUT2D eigenvalue weighted by Gasteiger charge is 2.27. The Balaban J connectivity index is 1.90. The lowest BCUT2D eigenvalue weighted by Crippen LogP contribution is -2.42. The molecule has 0 bridgehead atoms. The lowest BCUT2D eigenvalue weighted by molar-refractivity contribution is 0.282. The first kappa shape index (κ1) is 18.6. The molecule has 0 atom stereocenters. The van der Waals surface area contributed by atoms with Gasteiger partial charge in [0.05, 0.1) is 13.7 Å². The van der Waals surface area contributed by atoms with Crippen molar-refractivity contribution in [1.29, 1.82) is 0 Å². The fraction of sp³-hybridized carbons (Fsp3) is 0.632. The van der Waals surface area contributed by atoms with E-state index in [0.717, 1.165) is 49.5 Å². The van der Waals surface area contributed by atoms with Crippen LogP contribution in [-0.2, 0) is 6.54 Å². The van der Waals surface area contributed by atoms with Crippen molar-refractivity contribution in [3.8, 4) is 5.75 Å². The maximum absolute atomic E-state index is 5.46. The maximum atomic E-state index is 5.46. The molecule has 0 spiro atoms. The van der Waals surface area contributed by atoms with E-state index in [2.05, 4.69) is 54.5 Å². The topological polar surface area (TPSA) is 48.9 Å². The van der Waals surface area contributed by atoms with Crippen LogP contribution < -0.4 is 15.4 Å². The zero-order chi connectivity index (χ0) is 17.4. The van der Waals surface area contributed by atoms with E-state index in [0.29, 0.717) is 6.54 Å². The Morgan fingerprint density at radius 1 is 1.29 bits per heavy atom. The van der Waals surface area contributed by atoms with Gasteiger partial charge >= 0.3 is 0 Å². The number of likely N-dealkylation sites (N-methyl/N-ethyl adjacent to an activating group) is 1. The van der Waals surface area contributed by atoms with Crippen LogP contribution in [0, 0.1) is 6.92 Å². The molecule has 0 aliphatic heterocycles. The van der Waals surface area contributed by atoms with Crippen LogP contribution in [0.3, 0.4) is 0 Å². The lowest BCUT2D eigenvalue weighted by Gasteiger charge is -2.20. The van der Waals surface area contributed by atoms with Crippen LogP contribution in [0.4, 0.5) is 0 Å². The molecular formula is C19H32N4O. The smallest absolute Gasteiger partial charge is 0.191 e. The molecule has 1 fully saturated rings. The van der Waals surface area contributed by atoms with Gasteiger partial charge in [-0.2, -0.15) is 0 Å². The monoisotopic (exact) mass is 332 g/mol. The summed E-state index contributed by atoms with van der Waals surface area (Å²) in [5.41, 5.74) is 2.30. The number of benzene rings is 1. The fourth-order valence-corrected chi connectivity index (χ4v) is 2.84. The van der Waals surface area contributed by atoms with E-state index in [9.17, 15) is 0 Å². The molecule has 134 valence electrons. The van der Waals surface area contributed by atoms with Crippen LogP contribution in [0.2, 0.25) is 0 Å². The van der Waals surface area contributed by atoms with Crippen LogP contribution >= 0.6 is 0 Å². The molecule has 1 aromatic rings. The average molecular weight is 332 g/mol. The predicted molar refractivity (Wildman–Crippen MR) is 101 cm³/mol. The van der Waals surface area contributed by atoms with Gasteiger partial charge < -0.3 is 15.4 Å². The third-order valence-corrected chi connectivity index (χ3v) is 4.36. The van der Waals surface area contributed by atoms with Crippen molar-refractivity contribution < 1.29 is 4.74 Å². The summed E-state index contributed by atoms with van der Waals surface area (Å²) in [6, 6.07) is 7.06. The van der Waals surface area contributed by atoms with Crippen molar-refractivity contribution in [2.75, 3.05) is 33.3 Å². The summed E-state index contributed by atoms with van der Waals surface area (Å²) in [4.78, 5) is 7.24. The van der Waals surface area contributed by atoms with Crippen molar-refractivity contribution >= 4 is 5.96 Å². The molecule has 0 heterocycles. The minimum Gasteiger partial charge on any atom is -0.496 e. The molecule has 2 rings (SSSR count). The fourth-order valence-electron chi connectivity index (χ4n) is 2.84. The predicted octanol–water partition coefficient (Wildman–Crippen LogP) is 2.54. The molecule has 24 heavy (non-hydrogen) atoms. The zero-order valence-electron chi connectivity index (χ0n) is 15.6. The van der Waals surface area contributed by atoms with E-state index in [1.165, 1.54) is 18.4 Å². The van der Waals surface area contributed by atoms with E-state index in [-0.39, 0.29) is 0 Å². The first-order valence-electron chi connectivity index (χ1n) is 9.07. The third kappa shape index (κ3) is 5.71. The highest BCUT2D eigenvalue weighted by molar-refractivity contribution is 5.79. The molecule has 0 unspecified atom stereocenters. The standard InChI is InChI=1S/C19H32N4O/c1-5-20-19(21-11-12-23(6-2)17-9-10-17)22-14-16-8-7-15(3)13-18(16)24-4/h7-8,13,17H,5-6,9-12,14H2,1-4H3,(H2,20,21,22). The average Bonchev–Trinajstić information content (AvgIpc) is 3.42. The van der Waals surface area contributed by atoms with E-state index in [4.69, 9.17) is 9.73 Å². The molecule has 5 heteroatoms. The number of hydrogen-bond donors (Lipinski definition) is 2. The van der Waals surface area contributed by atoms with E-state index >= 15 is 0 Å². The molecule has 0 aromatic heterocycles. The quantitative estimate of drug-likeness (QED) is 0.539. The van der Waals surface area contributed by atoms with Gasteiger partial charge in [0.15, 0.2) is 5.96 Å². The molecule has 0 saturated heterocycles. The van der Waals surface area contributed by atoms with Gasteiger partial charge in [-0.25, -0.2) is 4.99 Å². The third-order valence-electron chi connectivity index (χ3n) is 4.36. The van der Waals surface area contributed by atoms with Crippen molar-refractivity contribution in [3.63, 3.8) is 0 Å². The lowest BCUT2D eigenvalue weighted by atomic mass is 10.1. The Labute approximate surface area is 146 Å². The highest BCUT2D eigenvalue weighted by atomic mass is 16.5. The Morgan fingerprint density at radius 2 is 2.08 bits per heavy atom. The molecule has 5 nitrogen and oxygen atoms in total. The molecule has 0 amide bonds. The summed E-state index contributed by atoms with van der Waals surface area (Å²) in [6.07, 6.45) is 2.71. The Morgan fingerprint density at radius 3 is 2.71 bits per heavy atom. The number of ether oxygens (including phenoxy) is 1. The van der Waals surface area contributed by atoms with E-state index in [1.807, 2.05) is 0 Å². The van der Waals surface area contributed by atoms with Crippen molar-refractivity contribution in [1.82, 2.24) is 15.5 Å². The van der Waals surface area contributed by atoms with Crippen LogP contribution in [0.15, 0.2) is 23.2 Å². The van der Waals surface area contributed by atoms with Gasteiger partial charge in [-0.3, -0.25) is 4.90 Å². The van der Waals surface area contributed by atoms with Crippen LogP contribution in [0.25, 0.3) is 0 Å². The largest absolute Gasteiger partial charge is 0.496 e.